The van der Waals surface area contributed by atoms with E-state index in [-0.39, 0.29) is 17.9 Å². The number of nitriles is 1. The second-order valence-corrected chi connectivity index (χ2v) is 8.84. The Morgan fingerprint density at radius 3 is 2.84 bits per heavy atom. The number of carboxylic acid groups (broad SMARTS) is 1. The number of carboxylic acids is 1. The molecule has 0 amide bonds. The minimum Gasteiger partial charge on any atom is -0.481 e. The molecule has 2 aromatic rings. The van der Waals surface area contributed by atoms with Gasteiger partial charge in [0.05, 0.1) is 40.9 Å². The second kappa shape index (κ2) is 7.54. The standard InChI is InChI=1S/C22H26N6O3/c1-2-28-20-17(12-25-28)19(26-15-5-3-14(4-6-15)21(29)30)16(11-24-20)18-9-22(31-27-18)7-13(8-22)10-23/h9,11-15,27H,2-8H2,1H3,(H,24,26)(H,29,30). The van der Waals surface area contributed by atoms with Gasteiger partial charge in [-0.2, -0.15) is 10.4 Å². The molecule has 0 unspecified atom stereocenters. The van der Waals surface area contributed by atoms with E-state index in [0.717, 1.165) is 47.4 Å². The maximum absolute atomic E-state index is 11.3. The van der Waals surface area contributed by atoms with Gasteiger partial charge in [-0.15, -0.1) is 0 Å². The second-order valence-electron chi connectivity index (χ2n) is 8.84. The van der Waals surface area contributed by atoms with Crippen LogP contribution >= 0.6 is 0 Å². The molecule has 2 fully saturated rings. The highest BCUT2D eigenvalue weighted by Gasteiger charge is 2.48. The number of rotatable bonds is 5. The van der Waals surface area contributed by atoms with Gasteiger partial charge in [0.2, 0.25) is 0 Å². The third-order valence-corrected chi connectivity index (χ3v) is 6.82. The van der Waals surface area contributed by atoms with Crippen LogP contribution in [0.2, 0.25) is 0 Å². The average Bonchev–Trinajstić information content (AvgIpc) is 3.38. The predicted octanol–water partition coefficient (Wildman–Crippen LogP) is 3.05. The van der Waals surface area contributed by atoms with E-state index in [1.807, 2.05) is 24.0 Å². The summed E-state index contributed by atoms with van der Waals surface area (Å²) in [5.41, 5.74) is 6.15. The number of nitrogens with one attached hydrogen (secondary N) is 2. The number of hydrogen-bond acceptors (Lipinski definition) is 7. The Morgan fingerprint density at radius 1 is 1.39 bits per heavy atom. The Labute approximate surface area is 180 Å². The van der Waals surface area contributed by atoms with Crippen LogP contribution in [0.1, 0.15) is 51.0 Å². The lowest BCUT2D eigenvalue weighted by atomic mass is 9.71. The molecular formula is C22H26N6O3. The molecule has 9 nitrogen and oxygen atoms in total. The molecule has 3 N–H and O–H groups in total. The molecule has 3 heterocycles. The van der Waals surface area contributed by atoms with Gasteiger partial charge in [-0.25, -0.2) is 9.67 Å². The van der Waals surface area contributed by atoms with Crippen molar-refractivity contribution in [2.75, 3.05) is 5.32 Å². The van der Waals surface area contributed by atoms with Crippen LogP contribution in [0.5, 0.6) is 0 Å². The van der Waals surface area contributed by atoms with Crippen LogP contribution in [0.25, 0.3) is 16.7 Å². The lowest BCUT2D eigenvalue weighted by Crippen LogP contribution is -2.43. The van der Waals surface area contributed by atoms with Gasteiger partial charge < -0.3 is 10.4 Å². The molecule has 1 spiro atoms. The molecule has 1 aliphatic heterocycles. The molecule has 162 valence electrons. The molecule has 5 rings (SSSR count). The van der Waals surface area contributed by atoms with Crippen molar-refractivity contribution in [2.24, 2.45) is 11.8 Å². The topological polar surface area (TPSA) is 125 Å². The molecule has 2 saturated carbocycles. The molecule has 0 aromatic carbocycles. The van der Waals surface area contributed by atoms with E-state index in [9.17, 15) is 9.90 Å². The van der Waals surface area contributed by atoms with Crippen LogP contribution in [0.3, 0.4) is 0 Å². The summed E-state index contributed by atoms with van der Waals surface area (Å²) in [7, 11) is 0. The van der Waals surface area contributed by atoms with Crippen molar-refractivity contribution in [1.82, 2.24) is 20.2 Å². The highest BCUT2D eigenvalue weighted by Crippen LogP contribution is 2.46. The first kappa shape index (κ1) is 19.8. The summed E-state index contributed by atoms with van der Waals surface area (Å²) >= 11 is 0. The Hall–Kier alpha value is -3.12. The largest absolute Gasteiger partial charge is 0.481 e. The number of nitrogens with zero attached hydrogens (tertiary/aromatic N) is 4. The summed E-state index contributed by atoms with van der Waals surface area (Å²) in [4.78, 5) is 21.8. The van der Waals surface area contributed by atoms with Crippen molar-refractivity contribution < 1.29 is 14.7 Å². The first-order chi connectivity index (χ1) is 15.0. The maximum Gasteiger partial charge on any atom is 0.306 e. The van der Waals surface area contributed by atoms with E-state index in [1.165, 1.54) is 0 Å². The summed E-state index contributed by atoms with van der Waals surface area (Å²) in [5.74, 6) is -0.923. The van der Waals surface area contributed by atoms with E-state index < -0.39 is 11.6 Å². The van der Waals surface area contributed by atoms with E-state index in [4.69, 9.17) is 10.1 Å². The highest BCUT2D eigenvalue weighted by molar-refractivity contribution is 5.96. The number of carbonyl (C=O) groups is 1. The van der Waals surface area contributed by atoms with Crippen LogP contribution in [-0.2, 0) is 16.2 Å². The van der Waals surface area contributed by atoms with Crippen LogP contribution in [-0.4, -0.2) is 37.5 Å². The van der Waals surface area contributed by atoms with E-state index >= 15 is 0 Å². The van der Waals surface area contributed by atoms with Crippen LogP contribution in [0.15, 0.2) is 18.5 Å². The Kier molecular flexibility index (Phi) is 4.82. The molecule has 0 atom stereocenters. The minimum absolute atomic E-state index is 0.0304. The Bertz CT molecular complexity index is 1090. The summed E-state index contributed by atoms with van der Waals surface area (Å²) in [6.07, 6.45) is 10.1. The maximum atomic E-state index is 11.3. The third-order valence-electron chi connectivity index (χ3n) is 6.82. The van der Waals surface area contributed by atoms with E-state index in [0.29, 0.717) is 25.7 Å². The third kappa shape index (κ3) is 3.41. The van der Waals surface area contributed by atoms with Gasteiger partial charge >= 0.3 is 5.97 Å². The summed E-state index contributed by atoms with van der Waals surface area (Å²) in [6.45, 7) is 2.75. The van der Waals surface area contributed by atoms with Gasteiger partial charge in [0.25, 0.3) is 0 Å². The number of aromatic nitrogens is 3. The fraction of sp³-hybridized carbons (Fsp3) is 0.545. The number of hydrogen-bond donors (Lipinski definition) is 3. The van der Waals surface area contributed by atoms with Gasteiger partial charge in [0.15, 0.2) is 5.65 Å². The van der Waals surface area contributed by atoms with Crippen LogP contribution in [0, 0.1) is 23.2 Å². The van der Waals surface area contributed by atoms with Crippen molar-refractivity contribution in [3.05, 3.63) is 24.0 Å². The molecular weight excluding hydrogens is 396 g/mol. The van der Waals surface area contributed by atoms with Gasteiger partial charge in [-0.05, 0) is 51.5 Å². The van der Waals surface area contributed by atoms with Crippen LogP contribution < -0.4 is 10.8 Å². The molecule has 31 heavy (non-hydrogen) atoms. The fourth-order valence-electron chi connectivity index (χ4n) is 4.98. The van der Waals surface area contributed by atoms with Gasteiger partial charge in [0.1, 0.15) is 5.60 Å². The van der Waals surface area contributed by atoms with Crippen molar-refractivity contribution in [2.45, 2.75) is 63.6 Å². The van der Waals surface area contributed by atoms with Crippen molar-refractivity contribution >= 4 is 28.4 Å². The monoisotopic (exact) mass is 422 g/mol. The normalized spacial score (nSPS) is 29.8. The molecule has 2 aromatic heterocycles. The van der Waals surface area contributed by atoms with Gasteiger partial charge in [0, 0.05) is 24.3 Å². The molecule has 0 radical (unpaired) electrons. The molecule has 0 bridgehead atoms. The lowest BCUT2D eigenvalue weighted by Gasteiger charge is -2.37. The van der Waals surface area contributed by atoms with Crippen LogP contribution in [0.4, 0.5) is 5.69 Å². The number of anilines is 1. The first-order valence-corrected chi connectivity index (χ1v) is 10.9. The summed E-state index contributed by atoms with van der Waals surface area (Å²) < 4.78 is 1.86. The van der Waals surface area contributed by atoms with Gasteiger partial charge in [-0.3, -0.25) is 15.1 Å². The molecule has 3 aliphatic rings. The van der Waals surface area contributed by atoms with Crippen molar-refractivity contribution in [1.29, 1.82) is 5.26 Å². The molecule has 0 saturated heterocycles. The number of fused-ring (bicyclic) bond motifs is 1. The summed E-state index contributed by atoms with van der Waals surface area (Å²) in [5, 5.41) is 27.5. The Balaban J connectivity index is 1.47. The SMILES string of the molecule is CCn1ncc2c(NC3CCC(C(=O)O)CC3)c(C3=CC4(CC(C#N)C4)ON3)cnc21. The van der Waals surface area contributed by atoms with Gasteiger partial charge in [-0.1, -0.05) is 0 Å². The summed E-state index contributed by atoms with van der Waals surface area (Å²) in [6, 6.07) is 2.49. The molecule has 9 heteroatoms. The first-order valence-electron chi connectivity index (χ1n) is 10.9. The molecule has 2 aliphatic carbocycles. The zero-order chi connectivity index (χ0) is 21.6. The van der Waals surface area contributed by atoms with Crippen molar-refractivity contribution in [3.63, 3.8) is 0 Å². The smallest absolute Gasteiger partial charge is 0.306 e. The number of aryl methyl sites for hydroxylation is 1. The zero-order valence-corrected chi connectivity index (χ0v) is 17.5. The number of hydroxylamine groups is 1. The minimum atomic E-state index is -0.700. The lowest BCUT2D eigenvalue weighted by molar-refractivity contribution is -0.142. The average molecular weight is 422 g/mol. The van der Waals surface area contributed by atoms with E-state index in [2.05, 4.69) is 33.0 Å². The number of pyridine rings is 1. The highest BCUT2D eigenvalue weighted by atomic mass is 16.7. The van der Waals surface area contributed by atoms with Crippen molar-refractivity contribution in [3.8, 4) is 6.07 Å². The fourth-order valence-corrected chi connectivity index (χ4v) is 4.98. The number of aliphatic carboxylic acids is 1. The quantitative estimate of drug-likeness (QED) is 0.671. The van der Waals surface area contributed by atoms with E-state index in [1.54, 1.807) is 0 Å². The predicted molar refractivity (Wildman–Crippen MR) is 113 cm³/mol. The Morgan fingerprint density at radius 2 is 2.16 bits per heavy atom. The zero-order valence-electron chi connectivity index (χ0n) is 17.5.